The molecular formula is C12H14N2O5S. The van der Waals surface area contributed by atoms with Crippen LogP contribution in [-0.2, 0) is 19.1 Å². The van der Waals surface area contributed by atoms with Gasteiger partial charge in [-0.05, 0) is 24.3 Å². The minimum atomic E-state index is -0.627. The van der Waals surface area contributed by atoms with Crippen molar-refractivity contribution in [2.75, 3.05) is 18.5 Å². The zero-order chi connectivity index (χ0) is 14.5. The number of nitrogens with two attached hydrogens (primary N) is 1. The SMILES string of the molecule is NC(=O)c1ccsc1NC(=O)COC(=O)[C@H]1CCCO1. The predicted molar refractivity (Wildman–Crippen MR) is 71.4 cm³/mol. The molecule has 2 heterocycles. The first-order valence-electron chi connectivity index (χ1n) is 6.03. The molecule has 1 aliphatic heterocycles. The Hall–Kier alpha value is -1.93. The van der Waals surface area contributed by atoms with E-state index in [2.05, 4.69) is 5.32 Å². The van der Waals surface area contributed by atoms with Crippen LogP contribution in [0.5, 0.6) is 0 Å². The Morgan fingerprint density at radius 3 is 2.95 bits per heavy atom. The number of carbonyl (C=O) groups excluding carboxylic acids is 3. The maximum absolute atomic E-state index is 11.6. The molecule has 8 heteroatoms. The van der Waals surface area contributed by atoms with Crippen molar-refractivity contribution in [1.82, 2.24) is 0 Å². The topological polar surface area (TPSA) is 108 Å². The van der Waals surface area contributed by atoms with Crippen LogP contribution in [0.2, 0.25) is 0 Å². The van der Waals surface area contributed by atoms with E-state index in [-0.39, 0.29) is 5.56 Å². The van der Waals surface area contributed by atoms with Crippen molar-refractivity contribution < 1.29 is 23.9 Å². The molecule has 0 bridgehead atoms. The van der Waals surface area contributed by atoms with Crippen molar-refractivity contribution in [3.63, 3.8) is 0 Å². The Kier molecular flexibility index (Phi) is 4.70. The van der Waals surface area contributed by atoms with Crippen molar-refractivity contribution in [3.05, 3.63) is 17.0 Å². The summed E-state index contributed by atoms with van der Waals surface area (Å²) < 4.78 is 9.99. The second kappa shape index (κ2) is 6.49. The molecule has 0 spiro atoms. The predicted octanol–water partition coefficient (Wildman–Crippen LogP) is 0.508. The second-order valence-electron chi connectivity index (χ2n) is 4.19. The standard InChI is InChI=1S/C12H14N2O5S/c13-10(16)7-3-5-20-11(7)14-9(15)6-19-12(17)8-2-1-4-18-8/h3,5,8H,1-2,4,6H2,(H2,13,16)(H,14,15)/t8-/m1/s1. The van der Waals surface area contributed by atoms with Gasteiger partial charge in [0.05, 0.1) is 5.56 Å². The summed E-state index contributed by atoms with van der Waals surface area (Å²) in [7, 11) is 0. The molecule has 20 heavy (non-hydrogen) atoms. The highest BCUT2D eigenvalue weighted by molar-refractivity contribution is 7.14. The number of rotatable bonds is 5. The number of esters is 1. The van der Waals surface area contributed by atoms with E-state index in [9.17, 15) is 14.4 Å². The van der Waals surface area contributed by atoms with Crippen LogP contribution in [0.25, 0.3) is 0 Å². The van der Waals surface area contributed by atoms with Gasteiger partial charge in [0.2, 0.25) is 0 Å². The van der Waals surface area contributed by atoms with E-state index in [1.54, 1.807) is 5.38 Å². The Bertz CT molecular complexity index is 522. The number of amides is 2. The summed E-state index contributed by atoms with van der Waals surface area (Å²) in [6.07, 6.45) is 0.839. The molecule has 1 fully saturated rings. The maximum Gasteiger partial charge on any atom is 0.335 e. The molecule has 108 valence electrons. The third-order valence-corrected chi connectivity index (χ3v) is 3.55. The number of ether oxygens (including phenoxy) is 2. The first-order chi connectivity index (χ1) is 9.58. The van der Waals surface area contributed by atoms with Crippen LogP contribution >= 0.6 is 11.3 Å². The van der Waals surface area contributed by atoms with Crippen LogP contribution in [0.1, 0.15) is 23.2 Å². The molecule has 0 aliphatic carbocycles. The lowest BCUT2D eigenvalue weighted by molar-refractivity contribution is -0.156. The molecule has 2 rings (SSSR count). The number of hydrogen-bond donors (Lipinski definition) is 2. The molecule has 1 saturated heterocycles. The summed E-state index contributed by atoms with van der Waals surface area (Å²) in [6.45, 7) is 0.109. The van der Waals surface area contributed by atoms with Gasteiger partial charge in [-0.15, -0.1) is 11.3 Å². The van der Waals surface area contributed by atoms with E-state index < -0.39 is 30.5 Å². The molecule has 1 aromatic rings. The van der Waals surface area contributed by atoms with E-state index in [1.807, 2.05) is 0 Å². The summed E-state index contributed by atoms with van der Waals surface area (Å²) in [5, 5.41) is 4.45. The summed E-state index contributed by atoms with van der Waals surface area (Å²) in [5.74, 6) is -1.70. The first kappa shape index (κ1) is 14.5. The number of hydrogen-bond acceptors (Lipinski definition) is 6. The Balaban J connectivity index is 1.81. The van der Waals surface area contributed by atoms with Gasteiger partial charge in [-0.2, -0.15) is 0 Å². The smallest absolute Gasteiger partial charge is 0.335 e. The maximum atomic E-state index is 11.6. The van der Waals surface area contributed by atoms with E-state index in [0.29, 0.717) is 18.0 Å². The minimum absolute atomic E-state index is 0.230. The Morgan fingerprint density at radius 2 is 2.30 bits per heavy atom. The average molecular weight is 298 g/mol. The third-order valence-electron chi connectivity index (χ3n) is 2.72. The van der Waals surface area contributed by atoms with Gasteiger partial charge in [-0.25, -0.2) is 4.79 Å². The van der Waals surface area contributed by atoms with E-state index >= 15 is 0 Å². The quantitative estimate of drug-likeness (QED) is 0.770. The summed E-state index contributed by atoms with van der Waals surface area (Å²) in [6, 6.07) is 1.51. The second-order valence-corrected chi connectivity index (χ2v) is 5.10. The Morgan fingerprint density at radius 1 is 1.50 bits per heavy atom. The lowest BCUT2D eigenvalue weighted by atomic mass is 10.2. The molecule has 0 aromatic carbocycles. The third kappa shape index (κ3) is 3.55. The number of nitrogens with one attached hydrogen (secondary N) is 1. The fourth-order valence-corrected chi connectivity index (χ4v) is 2.56. The molecule has 1 aromatic heterocycles. The number of anilines is 1. The summed E-state index contributed by atoms with van der Waals surface area (Å²) in [4.78, 5) is 34.2. The number of primary amides is 1. The van der Waals surface area contributed by atoms with Gasteiger partial charge in [0.15, 0.2) is 12.7 Å². The van der Waals surface area contributed by atoms with Crippen molar-refractivity contribution >= 4 is 34.1 Å². The van der Waals surface area contributed by atoms with Crippen LogP contribution < -0.4 is 11.1 Å². The zero-order valence-corrected chi connectivity index (χ0v) is 11.4. The molecule has 7 nitrogen and oxygen atoms in total. The van der Waals surface area contributed by atoms with Crippen molar-refractivity contribution in [2.24, 2.45) is 5.73 Å². The average Bonchev–Trinajstić information content (AvgIpc) is 3.06. The number of thiophene rings is 1. The van der Waals surface area contributed by atoms with E-state index in [1.165, 1.54) is 17.4 Å². The van der Waals surface area contributed by atoms with Crippen LogP contribution in [0.15, 0.2) is 11.4 Å². The summed E-state index contributed by atoms with van der Waals surface area (Å²) >= 11 is 1.17. The molecule has 3 N–H and O–H groups in total. The van der Waals surface area contributed by atoms with Crippen LogP contribution in [0, 0.1) is 0 Å². The highest BCUT2D eigenvalue weighted by Gasteiger charge is 2.25. The van der Waals surface area contributed by atoms with Crippen LogP contribution in [0.3, 0.4) is 0 Å². The number of carbonyl (C=O) groups is 3. The molecule has 1 aliphatic rings. The minimum Gasteiger partial charge on any atom is -0.454 e. The van der Waals surface area contributed by atoms with Gasteiger partial charge in [-0.1, -0.05) is 0 Å². The lowest BCUT2D eigenvalue weighted by Crippen LogP contribution is -2.27. The van der Waals surface area contributed by atoms with E-state index in [0.717, 1.165) is 6.42 Å². The Labute approximate surface area is 119 Å². The molecule has 2 amide bonds. The highest BCUT2D eigenvalue weighted by atomic mass is 32.1. The molecular weight excluding hydrogens is 284 g/mol. The van der Waals surface area contributed by atoms with Crippen LogP contribution in [-0.4, -0.2) is 37.1 Å². The summed E-state index contributed by atoms with van der Waals surface area (Å²) in [5.41, 5.74) is 5.38. The van der Waals surface area contributed by atoms with Gasteiger partial charge < -0.3 is 20.5 Å². The van der Waals surface area contributed by atoms with E-state index in [4.69, 9.17) is 15.2 Å². The fourth-order valence-electron chi connectivity index (χ4n) is 1.76. The van der Waals surface area contributed by atoms with Gasteiger partial charge in [0.25, 0.3) is 11.8 Å². The lowest BCUT2D eigenvalue weighted by Gasteiger charge is -2.09. The van der Waals surface area contributed by atoms with Gasteiger partial charge in [0.1, 0.15) is 5.00 Å². The fraction of sp³-hybridized carbons (Fsp3) is 0.417. The van der Waals surface area contributed by atoms with Gasteiger partial charge in [0, 0.05) is 6.61 Å². The normalized spacial score (nSPS) is 17.7. The highest BCUT2D eigenvalue weighted by Crippen LogP contribution is 2.22. The molecule has 0 unspecified atom stereocenters. The van der Waals surface area contributed by atoms with Gasteiger partial charge in [-0.3, -0.25) is 9.59 Å². The van der Waals surface area contributed by atoms with Gasteiger partial charge >= 0.3 is 5.97 Å². The van der Waals surface area contributed by atoms with Crippen molar-refractivity contribution in [1.29, 1.82) is 0 Å². The monoisotopic (exact) mass is 298 g/mol. The van der Waals surface area contributed by atoms with Crippen molar-refractivity contribution in [3.8, 4) is 0 Å². The van der Waals surface area contributed by atoms with Crippen molar-refractivity contribution in [2.45, 2.75) is 18.9 Å². The zero-order valence-electron chi connectivity index (χ0n) is 10.6. The molecule has 0 radical (unpaired) electrons. The largest absolute Gasteiger partial charge is 0.454 e. The molecule has 0 saturated carbocycles. The molecule has 1 atom stereocenters. The first-order valence-corrected chi connectivity index (χ1v) is 6.91. The van der Waals surface area contributed by atoms with Crippen LogP contribution in [0.4, 0.5) is 5.00 Å².